The highest BCUT2D eigenvalue weighted by Crippen LogP contribution is 2.19. The number of nitriles is 1. The highest BCUT2D eigenvalue weighted by Gasteiger charge is 2.08. The molecule has 1 atom stereocenters. The lowest BCUT2D eigenvalue weighted by Crippen LogP contribution is -2.18. The van der Waals surface area contributed by atoms with Crippen molar-refractivity contribution in [3.05, 3.63) is 45.9 Å². The molecule has 0 aliphatic rings. The molecular formula is C14H15N3S. The van der Waals surface area contributed by atoms with Crippen LogP contribution in [-0.2, 0) is 6.42 Å². The second-order valence-corrected chi connectivity index (χ2v) is 5.67. The molecule has 0 fully saturated rings. The number of hydrogen-bond acceptors (Lipinski definition) is 4. The van der Waals surface area contributed by atoms with E-state index >= 15 is 0 Å². The lowest BCUT2D eigenvalue weighted by Gasteiger charge is -2.14. The summed E-state index contributed by atoms with van der Waals surface area (Å²) < 4.78 is 0. The Bertz CT molecular complexity index is 568. The number of thiophene rings is 1. The van der Waals surface area contributed by atoms with Gasteiger partial charge in [0.2, 0.25) is 0 Å². The van der Waals surface area contributed by atoms with Gasteiger partial charge in [0.15, 0.2) is 0 Å². The maximum atomic E-state index is 9.01. The number of nitrogens with zero attached hydrogens (tertiary/aromatic N) is 2. The van der Waals surface area contributed by atoms with Crippen LogP contribution in [0.2, 0.25) is 0 Å². The Morgan fingerprint density at radius 1 is 1.44 bits per heavy atom. The molecular weight excluding hydrogens is 242 g/mol. The van der Waals surface area contributed by atoms with Crippen LogP contribution in [0.5, 0.6) is 0 Å². The standard InChI is InChI=1S/C14H15N3S/c1-10(7-13-4-3-11(2)18-13)17-14-9-16-6-5-12(14)8-15/h3-6,9-10,17H,7H2,1-2H3. The van der Waals surface area contributed by atoms with E-state index in [9.17, 15) is 0 Å². The lowest BCUT2D eigenvalue weighted by atomic mass is 10.1. The van der Waals surface area contributed by atoms with Gasteiger partial charge in [-0.3, -0.25) is 4.98 Å². The Morgan fingerprint density at radius 3 is 2.94 bits per heavy atom. The molecule has 0 spiro atoms. The molecule has 2 aromatic rings. The van der Waals surface area contributed by atoms with Crippen LogP contribution in [0.25, 0.3) is 0 Å². The number of anilines is 1. The topological polar surface area (TPSA) is 48.7 Å². The van der Waals surface area contributed by atoms with Crippen LogP contribution >= 0.6 is 11.3 Å². The zero-order chi connectivity index (χ0) is 13.0. The third-order valence-corrected chi connectivity index (χ3v) is 3.67. The smallest absolute Gasteiger partial charge is 0.101 e. The molecule has 0 saturated heterocycles. The first-order chi connectivity index (χ1) is 8.69. The average molecular weight is 257 g/mol. The van der Waals surface area contributed by atoms with Gasteiger partial charge in [-0.15, -0.1) is 11.3 Å². The van der Waals surface area contributed by atoms with Gasteiger partial charge in [-0.1, -0.05) is 0 Å². The lowest BCUT2D eigenvalue weighted by molar-refractivity contribution is 0.799. The summed E-state index contributed by atoms with van der Waals surface area (Å²) in [4.78, 5) is 6.73. The minimum absolute atomic E-state index is 0.277. The van der Waals surface area contributed by atoms with Crippen molar-refractivity contribution in [2.75, 3.05) is 5.32 Å². The summed E-state index contributed by atoms with van der Waals surface area (Å²) in [6.07, 6.45) is 4.30. The average Bonchev–Trinajstić information content (AvgIpc) is 2.75. The van der Waals surface area contributed by atoms with Crippen LogP contribution in [0.4, 0.5) is 5.69 Å². The summed E-state index contributed by atoms with van der Waals surface area (Å²) in [5.41, 5.74) is 1.44. The van der Waals surface area contributed by atoms with Crippen molar-refractivity contribution >= 4 is 17.0 Å². The highest BCUT2D eigenvalue weighted by molar-refractivity contribution is 7.11. The van der Waals surface area contributed by atoms with E-state index in [0.717, 1.165) is 12.1 Å². The maximum absolute atomic E-state index is 9.01. The van der Waals surface area contributed by atoms with Gasteiger partial charge >= 0.3 is 0 Å². The molecule has 0 bridgehead atoms. The summed E-state index contributed by atoms with van der Waals surface area (Å²) in [5, 5.41) is 12.3. The zero-order valence-corrected chi connectivity index (χ0v) is 11.3. The predicted octanol–water partition coefficient (Wildman–Crippen LogP) is 3.37. The van der Waals surface area contributed by atoms with Crippen molar-refractivity contribution in [1.29, 1.82) is 5.26 Å². The minimum Gasteiger partial charge on any atom is -0.380 e. The zero-order valence-electron chi connectivity index (χ0n) is 10.5. The summed E-state index contributed by atoms with van der Waals surface area (Å²) in [5.74, 6) is 0. The number of nitrogens with one attached hydrogen (secondary N) is 1. The number of aromatic nitrogens is 1. The van der Waals surface area contributed by atoms with E-state index in [4.69, 9.17) is 5.26 Å². The Balaban J connectivity index is 2.03. The number of aryl methyl sites for hydroxylation is 1. The predicted molar refractivity (Wildman–Crippen MR) is 74.8 cm³/mol. The molecule has 18 heavy (non-hydrogen) atoms. The van der Waals surface area contributed by atoms with E-state index in [1.54, 1.807) is 18.5 Å². The van der Waals surface area contributed by atoms with Crippen LogP contribution in [0.15, 0.2) is 30.6 Å². The molecule has 2 rings (SSSR count). The molecule has 4 heteroatoms. The van der Waals surface area contributed by atoms with E-state index in [1.807, 2.05) is 11.3 Å². The van der Waals surface area contributed by atoms with Crippen LogP contribution in [0.1, 0.15) is 22.2 Å². The monoisotopic (exact) mass is 257 g/mol. The SMILES string of the molecule is Cc1ccc(CC(C)Nc2cnccc2C#N)s1. The second-order valence-electron chi connectivity index (χ2n) is 4.29. The van der Waals surface area contributed by atoms with Gasteiger partial charge in [0.25, 0.3) is 0 Å². The summed E-state index contributed by atoms with van der Waals surface area (Å²) in [6.45, 7) is 4.23. The van der Waals surface area contributed by atoms with E-state index in [0.29, 0.717) is 5.56 Å². The second kappa shape index (κ2) is 5.65. The largest absolute Gasteiger partial charge is 0.380 e. The molecule has 92 valence electrons. The van der Waals surface area contributed by atoms with E-state index < -0.39 is 0 Å². The third kappa shape index (κ3) is 3.08. The molecule has 1 N–H and O–H groups in total. The molecule has 0 amide bonds. The normalized spacial score (nSPS) is 11.8. The molecule has 2 aromatic heterocycles. The quantitative estimate of drug-likeness (QED) is 0.913. The van der Waals surface area contributed by atoms with Crippen molar-refractivity contribution in [1.82, 2.24) is 4.98 Å². The summed E-state index contributed by atoms with van der Waals surface area (Å²) in [7, 11) is 0. The molecule has 0 aliphatic heterocycles. The first kappa shape index (κ1) is 12.6. The minimum atomic E-state index is 0.277. The van der Waals surface area contributed by atoms with Crippen molar-refractivity contribution in [3.8, 4) is 6.07 Å². The fraction of sp³-hybridized carbons (Fsp3) is 0.286. The van der Waals surface area contributed by atoms with Crippen LogP contribution in [0, 0.1) is 18.3 Å². The fourth-order valence-corrected chi connectivity index (χ4v) is 2.84. The molecule has 2 heterocycles. The van der Waals surface area contributed by atoms with E-state index in [2.05, 4.69) is 42.4 Å². The summed E-state index contributed by atoms with van der Waals surface area (Å²) >= 11 is 1.82. The van der Waals surface area contributed by atoms with E-state index in [-0.39, 0.29) is 6.04 Å². The Kier molecular flexibility index (Phi) is 3.96. The van der Waals surface area contributed by atoms with Gasteiger partial charge in [-0.2, -0.15) is 5.26 Å². The molecule has 0 saturated carbocycles. The highest BCUT2D eigenvalue weighted by atomic mass is 32.1. The van der Waals surface area contributed by atoms with Gasteiger partial charge < -0.3 is 5.32 Å². The molecule has 0 radical (unpaired) electrons. The van der Waals surface area contributed by atoms with Crippen molar-refractivity contribution in [3.63, 3.8) is 0 Å². The van der Waals surface area contributed by atoms with Crippen LogP contribution < -0.4 is 5.32 Å². The molecule has 1 unspecified atom stereocenters. The fourth-order valence-electron chi connectivity index (χ4n) is 1.82. The van der Waals surface area contributed by atoms with Gasteiger partial charge in [-0.05, 0) is 32.0 Å². The number of pyridine rings is 1. The number of rotatable bonds is 4. The Morgan fingerprint density at radius 2 is 2.28 bits per heavy atom. The van der Waals surface area contributed by atoms with Crippen LogP contribution in [-0.4, -0.2) is 11.0 Å². The van der Waals surface area contributed by atoms with Crippen molar-refractivity contribution in [2.45, 2.75) is 26.3 Å². The van der Waals surface area contributed by atoms with E-state index in [1.165, 1.54) is 9.75 Å². The first-order valence-corrected chi connectivity index (χ1v) is 6.66. The van der Waals surface area contributed by atoms with Crippen molar-refractivity contribution < 1.29 is 0 Å². The Labute approximate surface area is 111 Å². The Hall–Kier alpha value is -1.86. The van der Waals surface area contributed by atoms with Gasteiger partial charge in [0.05, 0.1) is 17.4 Å². The number of hydrogen-bond donors (Lipinski definition) is 1. The van der Waals surface area contributed by atoms with Crippen LogP contribution in [0.3, 0.4) is 0 Å². The molecule has 3 nitrogen and oxygen atoms in total. The summed E-state index contributed by atoms with van der Waals surface area (Å²) in [6, 6.07) is 8.47. The van der Waals surface area contributed by atoms with Gasteiger partial charge in [0.1, 0.15) is 6.07 Å². The molecule has 0 aromatic carbocycles. The van der Waals surface area contributed by atoms with Crippen molar-refractivity contribution in [2.24, 2.45) is 0 Å². The first-order valence-electron chi connectivity index (χ1n) is 5.85. The van der Waals surface area contributed by atoms with Gasteiger partial charge in [0, 0.05) is 28.4 Å². The third-order valence-electron chi connectivity index (χ3n) is 2.65. The van der Waals surface area contributed by atoms with Gasteiger partial charge in [-0.25, -0.2) is 0 Å². The maximum Gasteiger partial charge on any atom is 0.101 e. The molecule has 0 aliphatic carbocycles.